The van der Waals surface area contributed by atoms with Gasteiger partial charge < -0.3 is 16.0 Å². The lowest BCUT2D eigenvalue weighted by Gasteiger charge is -2.13. The fraction of sp³-hybridized carbons (Fsp3) is 0.350. The first kappa shape index (κ1) is 19.0. The monoisotopic (exact) mass is 414 g/mol. The third kappa shape index (κ3) is 3.94. The molecule has 3 N–H and O–H groups in total. The number of benzene rings is 1. The molecule has 0 fully saturated rings. The first-order valence-corrected chi connectivity index (χ1v) is 11.1. The fourth-order valence-corrected chi connectivity index (χ4v) is 5.60. The van der Waals surface area contributed by atoms with Gasteiger partial charge in [0.1, 0.15) is 10.0 Å². The minimum absolute atomic E-state index is 0.0411. The van der Waals surface area contributed by atoms with E-state index in [-0.39, 0.29) is 18.2 Å². The number of para-hydroxylation sites is 1. The number of anilines is 1. The third-order valence-corrected chi connectivity index (χ3v) is 6.89. The van der Waals surface area contributed by atoms with E-state index in [1.165, 1.54) is 10.4 Å². The zero-order valence-electron chi connectivity index (χ0n) is 15.6. The van der Waals surface area contributed by atoms with E-state index >= 15 is 0 Å². The summed E-state index contributed by atoms with van der Waals surface area (Å²) in [5, 5.41) is 11.0. The van der Waals surface area contributed by atoms with Crippen LogP contribution in [0.15, 0.2) is 24.3 Å². The lowest BCUT2D eigenvalue weighted by molar-refractivity contribution is -0.121. The molecule has 2 aromatic heterocycles. The molecule has 4 rings (SSSR count). The van der Waals surface area contributed by atoms with E-state index in [0.29, 0.717) is 13.0 Å². The fourth-order valence-electron chi connectivity index (χ4n) is 3.26. The minimum atomic E-state index is -0.0923. The molecule has 3 heterocycles. The SMILES string of the molecule is CCC(=O)NCCC(=O)Nc1sc2c(c1-c1nc3ccccc3s1)CCNC2. The van der Waals surface area contributed by atoms with Gasteiger partial charge in [-0.3, -0.25) is 9.59 Å². The number of thiophene rings is 1. The molecule has 0 radical (unpaired) electrons. The molecular formula is C20H22N4O2S2. The summed E-state index contributed by atoms with van der Waals surface area (Å²) in [4.78, 5) is 29.9. The van der Waals surface area contributed by atoms with Crippen LogP contribution in [0.2, 0.25) is 0 Å². The molecule has 0 saturated carbocycles. The molecule has 0 bridgehead atoms. The number of aromatic nitrogens is 1. The number of hydrogen-bond acceptors (Lipinski definition) is 6. The van der Waals surface area contributed by atoms with Gasteiger partial charge in [-0.1, -0.05) is 19.1 Å². The number of nitrogens with zero attached hydrogens (tertiary/aromatic N) is 1. The Morgan fingerprint density at radius 2 is 2.07 bits per heavy atom. The van der Waals surface area contributed by atoms with Gasteiger partial charge in [-0.25, -0.2) is 4.98 Å². The van der Waals surface area contributed by atoms with Crippen molar-refractivity contribution in [2.45, 2.75) is 32.7 Å². The molecule has 8 heteroatoms. The van der Waals surface area contributed by atoms with Gasteiger partial charge in [0.25, 0.3) is 0 Å². The molecule has 2 amide bonds. The van der Waals surface area contributed by atoms with Crippen molar-refractivity contribution in [3.63, 3.8) is 0 Å². The standard InChI is InChI=1S/C20H22N4O2S2/c1-2-16(25)22-10-8-17(26)24-20-18(12-7-9-21-11-15(12)28-20)19-23-13-5-3-4-6-14(13)27-19/h3-6,21H,2,7-11H2,1H3,(H,22,25)(H,24,26). The summed E-state index contributed by atoms with van der Waals surface area (Å²) in [5.74, 6) is -0.133. The van der Waals surface area contributed by atoms with Crippen LogP contribution in [0.25, 0.3) is 20.8 Å². The summed E-state index contributed by atoms with van der Waals surface area (Å²) in [6.45, 7) is 3.89. The largest absolute Gasteiger partial charge is 0.356 e. The van der Waals surface area contributed by atoms with E-state index in [9.17, 15) is 9.59 Å². The van der Waals surface area contributed by atoms with E-state index < -0.39 is 0 Å². The molecule has 0 atom stereocenters. The highest BCUT2D eigenvalue weighted by Gasteiger charge is 2.25. The zero-order valence-corrected chi connectivity index (χ0v) is 17.3. The molecule has 1 aliphatic heterocycles. The molecule has 0 saturated heterocycles. The summed E-state index contributed by atoms with van der Waals surface area (Å²) in [6, 6.07) is 8.10. The Balaban J connectivity index is 1.61. The van der Waals surface area contributed by atoms with Crippen molar-refractivity contribution in [3.8, 4) is 10.6 Å². The lowest BCUT2D eigenvalue weighted by atomic mass is 10.0. The topological polar surface area (TPSA) is 83.1 Å². The molecule has 0 aliphatic carbocycles. The van der Waals surface area contributed by atoms with Crippen LogP contribution < -0.4 is 16.0 Å². The normalized spacial score (nSPS) is 13.3. The van der Waals surface area contributed by atoms with Gasteiger partial charge in [0, 0.05) is 36.4 Å². The smallest absolute Gasteiger partial charge is 0.226 e. The molecule has 1 aliphatic rings. The number of fused-ring (bicyclic) bond motifs is 2. The molecule has 6 nitrogen and oxygen atoms in total. The highest BCUT2D eigenvalue weighted by molar-refractivity contribution is 7.22. The van der Waals surface area contributed by atoms with Crippen LogP contribution in [0.1, 0.15) is 30.2 Å². The van der Waals surface area contributed by atoms with Crippen molar-refractivity contribution in [1.82, 2.24) is 15.6 Å². The van der Waals surface area contributed by atoms with Gasteiger partial charge in [0.2, 0.25) is 11.8 Å². The number of hydrogen-bond donors (Lipinski definition) is 3. The first-order chi connectivity index (χ1) is 13.7. The van der Waals surface area contributed by atoms with Crippen molar-refractivity contribution < 1.29 is 9.59 Å². The number of nitrogens with one attached hydrogen (secondary N) is 3. The Bertz CT molecular complexity index is 992. The molecule has 1 aromatic carbocycles. The summed E-state index contributed by atoms with van der Waals surface area (Å²) in [7, 11) is 0. The molecule has 0 unspecified atom stereocenters. The number of rotatable bonds is 6. The van der Waals surface area contributed by atoms with Crippen molar-refractivity contribution in [2.75, 3.05) is 18.4 Å². The molecule has 0 spiro atoms. The summed E-state index contributed by atoms with van der Waals surface area (Å²) >= 11 is 3.28. The van der Waals surface area contributed by atoms with Crippen LogP contribution in [-0.4, -0.2) is 29.9 Å². The first-order valence-electron chi connectivity index (χ1n) is 9.43. The Morgan fingerprint density at radius 3 is 2.89 bits per heavy atom. The highest BCUT2D eigenvalue weighted by Crippen LogP contribution is 2.44. The van der Waals surface area contributed by atoms with Crippen molar-refractivity contribution in [2.24, 2.45) is 0 Å². The quantitative estimate of drug-likeness (QED) is 0.576. The summed E-state index contributed by atoms with van der Waals surface area (Å²) in [6.07, 6.45) is 1.61. The maximum atomic E-state index is 12.5. The maximum absolute atomic E-state index is 12.5. The van der Waals surface area contributed by atoms with Crippen LogP contribution in [0.4, 0.5) is 5.00 Å². The van der Waals surface area contributed by atoms with E-state index in [1.807, 2.05) is 18.2 Å². The number of carbonyl (C=O) groups excluding carboxylic acids is 2. The van der Waals surface area contributed by atoms with Crippen LogP contribution in [0, 0.1) is 0 Å². The van der Waals surface area contributed by atoms with Crippen molar-refractivity contribution in [3.05, 3.63) is 34.7 Å². The van der Waals surface area contributed by atoms with Crippen LogP contribution in [0.3, 0.4) is 0 Å². The predicted octanol–water partition coefficient (Wildman–Crippen LogP) is 3.53. The Hall–Kier alpha value is -2.29. The second kappa shape index (κ2) is 8.38. The summed E-state index contributed by atoms with van der Waals surface area (Å²) < 4.78 is 1.14. The average molecular weight is 415 g/mol. The molecule has 3 aromatic rings. The van der Waals surface area contributed by atoms with Gasteiger partial charge in [0.15, 0.2) is 0 Å². The van der Waals surface area contributed by atoms with Crippen LogP contribution >= 0.6 is 22.7 Å². The highest BCUT2D eigenvalue weighted by atomic mass is 32.1. The Labute approximate surface area is 171 Å². The van der Waals surface area contributed by atoms with Gasteiger partial charge in [-0.2, -0.15) is 0 Å². The van der Waals surface area contributed by atoms with Crippen molar-refractivity contribution in [1.29, 1.82) is 0 Å². The number of amides is 2. The van der Waals surface area contributed by atoms with Gasteiger partial charge >= 0.3 is 0 Å². The Morgan fingerprint density at radius 1 is 1.21 bits per heavy atom. The maximum Gasteiger partial charge on any atom is 0.226 e. The minimum Gasteiger partial charge on any atom is -0.356 e. The van der Waals surface area contributed by atoms with E-state index in [1.54, 1.807) is 29.6 Å². The predicted molar refractivity (Wildman–Crippen MR) is 115 cm³/mol. The third-order valence-electron chi connectivity index (χ3n) is 4.68. The van der Waals surface area contributed by atoms with E-state index in [4.69, 9.17) is 4.98 Å². The van der Waals surface area contributed by atoms with Gasteiger partial charge in [-0.05, 0) is 30.7 Å². The molecule has 146 valence electrons. The van der Waals surface area contributed by atoms with E-state index in [0.717, 1.165) is 45.3 Å². The molecule has 28 heavy (non-hydrogen) atoms. The Kier molecular flexibility index (Phi) is 5.70. The average Bonchev–Trinajstić information content (AvgIpc) is 3.27. The van der Waals surface area contributed by atoms with Gasteiger partial charge in [0.05, 0.1) is 10.2 Å². The summed E-state index contributed by atoms with van der Waals surface area (Å²) in [5.41, 5.74) is 3.34. The van der Waals surface area contributed by atoms with Crippen LogP contribution in [0.5, 0.6) is 0 Å². The van der Waals surface area contributed by atoms with Gasteiger partial charge in [-0.15, -0.1) is 22.7 Å². The second-order valence-corrected chi connectivity index (χ2v) is 8.76. The lowest BCUT2D eigenvalue weighted by Crippen LogP contribution is -2.26. The number of carbonyl (C=O) groups is 2. The van der Waals surface area contributed by atoms with E-state index in [2.05, 4.69) is 22.0 Å². The molecular weight excluding hydrogens is 392 g/mol. The number of thiazole rings is 1. The van der Waals surface area contributed by atoms with Crippen molar-refractivity contribution >= 4 is 49.7 Å². The second-order valence-electron chi connectivity index (χ2n) is 6.62. The zero-order chi connectivity index (χ0) is 19.5. The van der Waals surface area contributed by atoms with Crippen LogP contribution in [-0.2, 0) is 22.6 Å².